The number of nitrogens with one attached hydrogen (secondary N) is 4. The number of aromatic nitrogens is 4. The second-order valence-electron chi connectivity index (χ2n) is 12.2. The summed E-state index contributed by atoms with van der Waals surface area (Å²) in [5, 5.41) is 14.4. The van der Waals surface area contributed by atoms with Crippen molar-refractivity contribution >= 4 is 65.4 Å². The van der Waals surface area contributed by atoms with Crippen LogP contribution in [0.15, 0.2) is 97.1 Å². The van der Waals surface area contributed by atoms with Gasteiger partial charge < -0.3 is 19.9 Å². The third-order valence-corrected chi connectivity index (χ3v) is 9.86. The van der Waals surface area contributed by atoms with Gasteiger partial charge in [-0.05, 0) is 50.0 Å². The third kappa shape index (κ3) is 6.00. The zero-order chi connectivity index (χ0) is 37.7. The van der Waals surface area contributed by atoms with Crippen molar-refractivity contribution in [1.82, 2.24) is 19.9 Å². The average molecular weight is 689 g/mol. The normalized spacial score (nSPS) is 12.1. The molecule has 0 aliphatic carbocycles. The first kappa shape index (κ1) is 37.8. The Morgan fingerprint density at radius 3 is 0.615 bits per heavy atom. The largest absolute Gasteiger partial charge is 0.354 e. The van der Waals surface area contributed by atoms with Gasteiger partial charge in [-0.2, -0.15) is 0 Å². The molecule has 0 fully saturated rings. The maximum absolute atomic E-state index is 3.91. The monoisotopic (exact) mass is 688 g/mol. The van der Waals surface area contributed by atoms with Crippen molar-refractivity contribution < 1.29 is 0 Å². The third-order valence-electron chi connectivity index (χ3n) is 9.86. The highest BCUT2D eigenvalue weighted by atomic mass is 14.8. The molecule has 1 aliphatic rings. The van der Waals surface area contributed by atoms with Gasteiger partial charge in [-0.25, -0.2) is 0 Å². The number of benzene rings is 4. The molecule has 8 aromatic rings. The number of aromatic amines is 4. The zero-order valence-corrected chi connectivity index (χ0v) is 33.2. The lowest BCUT2D eigenvalue weighted by atomic mass is 10.0. The molecule has 8 bridgehead atoms. The van der Waals surface area contributed by atoms with Crippen LogP contribution in [0.25, 0.3) is 65.4 Å². The van der Waals surface area contributed by atoms with E-state index in [-0.39, 0.29) is 0 Å². The van der Waals surface area contributed by atoms with E-state index in [0.29, 0.717) is 0 Å². The van der Waals surface area contributed by atoms with Gasteiger partial charge in [-0.3, -0.25) is 0 Å². The molecule has 5 heterocycles. The molecule has 4 N–H and O–H groups in total. The van der Waals surface area contributed by atoms with Gasteiger partial charge in [0.25, 0.3) is 0 Å². The van der Waals surface area contributed by atoms with Crippen molar-refractivity contribution in [2.75, 3.05) is 0 Å². The number of fused-ring (bicyclic) bond motifs is 20. The van der Waals surface area contributed by atoms with Gasteiger partial charge in [0.1, 0.15) is 0 Å². The van der Waals surface area contributed by atoms with Gasteiger partial charge in [-0.1, -0.05) is 152 Å². The fraction of sp³-hybridized carbons (Fsp3) is 0.250. The van der Waals surface area contributed by atoms with E-state index in [4.69, 9.17) is 0 Å². The van der Waals surface area contributed by atoms with Crippen LogP contribution < -0.4 is 21.4 Å². The van der Waals surface area contributed by atoms with Gasteiger partial charge in [0.2, 0.25) is 0 Å². The van der Waals surface area contributed by atoms with E-state index >= 15 is 0 Å². The molecule has 268 valence electrons. The zero-order valence-electron chi connectivity index (χ0n) is 33.2. The van der Waals surface area contributed by atoms with Crippen molar-refractivity contribution in [3.05, 3.63) is 141 Å². The maximum Gasteiger partial charge on any atom is 0.0515 e. The van der Waals surface area contributed by atoms with Crippen LogP contribution in [0.4, 0.5) is 0 Å². The maximum atomic E-state index is 3.91. The molecular weight excluding hydrogens is 633 g/mol. The molecule has 0 atom stereocenters. The minimum Gasteiger partial charge on any atom is -0.354 e. The molecule has 0 radical (unpaired) electrons. The summed E-state index contributed by atoms with van der Waals surface area (Å²) in [6.07, 6.45) is 0. The summed E-state index contributed by atoms with van der Waals surface area (Å²) in [6.45, 7) is 24.9. The van der Waals surface area contributed by atoms with Gasteiger partial charge >= 0.3 is 0 Å². The number of H-pyrrole nitrogens is 4. The molecule has 0 saturated heterocycles. The molecule has 52 heavy (non-hydrogen) atoms. The SMILES string of the molecule is CC.CC.CC.CC.CC1=c2[nH]c(c3ccccc23)=C(C)c2[nH]c(c3ccccc23)C(C)=c2[nH]c(c3ccccc23)=C(C)c2[nH]c1c1ccccc21. The summed E-state index contributed by atoms with van der Waals surface area (Å²) in [5.41, 5.74) is 9.35. The van der Waals surface area contributed by atoms with Crippen LogP contribution in [0.3, 0.4) is 0 Å². The first-order valence-electron chi connectivity index (χ1n) is 19.3. The highest BCUT2D eigenvalue weighted by Crippen LogP contribution is 2.32. The van der Waals surface area contributed by atoms with Crippen molar-refractivity contribution in [2.24, 2.45) is 0 Å². The molecule has 4 aromatic heterocycles. The Kier molecular flexibility index (Phi) is 11.8. The second-order valence-corrected chi connectivity index (χ2v) is 12.2. The Bertz CT molecular complexity index is 2380. The predicted molar refractivity (Wildman–Crippen MR) is 230 cm³/mol. The summed E-state index contributed by atoms with van der Waals surface area (Å²) in [6, 6.07) is 35.0. The number of hydrogen-bond acceptors (Lipinski definition) is 0. The summed E-state index contributed by atoms with van der Waals surface area (Å²) < 4.78 is 0. The molecule has 4 nitrogen and oxygen atoms in total. The van der Waals surface area contributed by atoms with Crippen molar-refractivity contribution in [3.8, 4) is 0 Å². The van der Waals surface area contributed by atoms with Crippen LogP contribution in [0.2, 0.25) is 0 Å². The molecule has 9 rings (SSSR count). The van der Waals surface area contributed by atoms with Gasteiger partial charge in [-0.15, -0.1) is 0 Å². The summed E-state index contributed by atoms with van der Waals surface area (Å²) in [5.74, 6) is 0. The first-order valence-corrected chi connectivity index (χ1v) is 19.3. The molecule has 4 aromatic carbocycles. The Morgan fingerprint density at radius 2 is 0.423 bits per heavy atom. The molecule has 0 spiro atoms. The van der Waals surface area contributed by atoms with E-state index in [1.165, 1.54) is 65.4 Å². The lowest BCUT2D eigenvalue weighted by molar-refractivity contribution is 1.19. The Balaban J connectivity index is 0.000000614. The van der Waals surface area contributed by atoms with Crippen molar-refractivity contribution in [3.63, 3.8) is 0 Å². The van der Waals surface area contributed by atoms with Crippen LogP contribution >= 0.6 is 0 Å². The smallest absolute Gasteiger partial charge is 0.0515 e. The fourth-order valence-electron chi connectivity index (χ4n) is 7.58. The van der Waals surface area contributed by atoms with Gasteiger partial charge in [0, 0.05) is 43.1 Å². The summed E-state index contributed by atoms with van der Waals surface area (Å²) in [7, 11) is 0. The highest BCUT2D eigenvalue weighted by Gasteiger charge is 2.19. The summed E-state index contributed by atoms with van der Waals surface area (Å²) in [4.78, 5) is 15.7. The van der Waals surface area contributed by atoms with Gasteiger partial charge in [0.05, 0.1) is 44.2 Å². The minimum absolute atomic E-state index is 1.14. The van der Waals surface area contributed by atoms with Crippen molar-refractivity contribution in [1.29, 1.82) is 0 Å². The Hall–Kier alpha value is -5.48. The second kappa shape index (κ2) is 16.2. The van der Waals surface area contributed by atoms with Crippen LogP contribution in [0.5, 0.6) is 0 Å². The molecule has 4 heteroatoms. The molecule has 0 saturated carbocycles. The van der Waals surface area contributed by atoms with Crippen LogP contribution in [-0.4, -0.2) is 19.9 Å². The van der Waals surface area contributed by atoms with Crippen molar-refractivity contribution in [2.45, 2.75) is 83.1 Å². The van der Waals surface area contributed by atoms with Crippen LogP contribution in [0, 0.1) is 0 Å². The highest BCUT2D eigenvalue weighted by molar-refractivity contribution is 6.04. The minimum atomic E-state index is 1.14. The average Bonchev–Trinajstić information content (AvgIpc) is 4.01. The molecular formula is C48H56N4. The fourth-order valence-corrected chi connectivity index (χ4v) is 7.58. The lowest BCUT2D eigenvalue weighted by Gasteiger charge is -2.02. The Labute approximate surface area is 308 Å². The predicted octanol–water partition coefficient (Wildman–Crippen LogP) is 10.9. The van der Waals surface area contributed by atoms with E-state index in [9.17, 15) is 0 Å². The lowest BCUT2D eigenvalue weighted by Crippen LogP contribution is -2.16. The number of rotatable bonds is 0. The first-order chi connectivity index (χ1) is 25.5. The number of hydrogen-bond donors (Lipinski definition) is 4. The van der Waals surface area contributed by atoms with Crippen LogP contribution in [-0.2, 0) is 0 Å². The topological polar surface area (TPSA) is 63.2 Å². The van der Waals surface area contributed by atoms with E-state index in [1.807, 2.05) is 55.4 Å². The quantitative estimate of drug-likeness (QED) is 0.123. The van der Waals surface area contributed by atoms with E-state index in [1.54, 1.807) is 0 Å². The molecule has 1 aliphatic heterocycles. The van der Waals surface area contributed by atoms with E-state index < -0.39 is 0 Å². The van der Waals surface area contributed by atoms with E-state index in [0.717, 1.165) is 44.2 Å². The standard InChI is InChI=1S/C40H32N4.4C2H6/c1-21-33-25-13-5-7-15-27(25)35(41-33)22(2)37-29-17-9-11-19-31(29)39(43-37)24(4)40-32-20-12-10-18-30(32)38(44-40)23(3)36-28-16-8-6-14-26(28)34(21)42-36;4*1-2/h5-20,41-44H,1-4H3;4*1-2H3. The van der Waals surface area contributed by atoms with Gasteiger partial charge in [0.15, 0.2) is 0 Å². The summed E-state index contributed by atoms with van der Waals surface area (Å²) >= 11 is 0. The Morgan fingerprint density at radius 1 is 0.250 bits per heavy atom. The molecule has 0 unspecified atom stereocenters. The molecule has 0 amide bonds. The van der Waals surface area contributed by atoms with E-state index in [2.05, 4.69) is 145 Å². The van der Waals surface area contributed by atoms with Crippen LogP contribution in [0.1, 0.15) is 106 Å².